The smallest absolute Gasteiger partial charge is 0.147 e. The number of Topliss-reactive ketones (excluding diaryl/α,β-unsaturated/α-hetero) is 1. The van der Waals surface area contributed by atoms with Crippen molar-refractivity contribution in [1.82, 2.24) is 5.32 Å². The van der Waals surface area contributed by atoms with Gasteiger partial charge in [-0.1, -0.05) is 42.5 Å². The van der Waals surface area contributed by atoms with E-state index in [-0.39, 0.29) is 17.6 Å². The third kappa shape index (κ3) is 4.21. The Labute approximate surface area is 119 Å². The van der Waals surface area contributed by atoms with E-state index in [1.165, 1.54) is 0 Å². The molecule has 0 radical (unpaired) electrons. The predicted molar refractivity (Wildman–Crippen MR) is 79.6 cm³/mol. The van der Waals surface area contributed by atoms with Crippen molar-refractivity contribution in [3.63, 3.8) is 0 Å². The number of aromatic hydroxyl groups is 1. The molecule has 0 fully saturated rings. The molecule has 0 saturated heterocycles. The second-order valence-electron chi connectivity index (χ2n) is 4.90. The van der Waals surface area contributed by atoms with Gasteiger partial charge < -0.3 is 10.4 Å². The number of phenolic OH excluding ortho intramolecular Hbond substituents is 1. The monoisotopic (exact) mass is 269 g/mol. The lowest BCUT2D eigenvalue weighted by atomic mass is 10.0. The summed E-state index contributed by atoms with van der Waals surface area (Å²) < 4.78 is 0. The second kappa shape index (κ2) is 6.87. The summed E-state index contributed by atoms with van der Waals surface area (Å²) in [6.45, 7) is 2.22. The molecule has 0 saturated carbocycles. The minimum Gasteiger partial charge on any atom is -0.508 e. The van der Waals surface area contributed by atoms with Gasteiger partial charge in [-0.05, 0) is 36.6 Å². The maximum atomic E-state index is 11.7. The molecule has 0 amide bonds. The quantitative estimate of drug-likeness (QED) is 0.847. The summed E-state index contributed by atoms with van der Waals surface area (Å²) in [5.41, 5.74) is 2.19. The van der Waals surface area contributed by atoms with Gasteiger partial charge >= 0.3 is 0 Å². The summed E-state index contributed by atoms with van der Waals surface area (Å²) in [5.74, 6) is 0.383. The van der Waals surface area contributed by atoms with Crippen LogP contribution in [0.3, 0.4) is 0 Å². The van der Waals surface area contributed by atoms with E-state index in [1.807, 2.05) is 42.5 Å². The van der Waals surface area contributed by atoms with Crippen molar-refractivity contribution in [3.8, 4) is 5.75 Å². The molecule has 0 spiro atoms. The van der Waals surface area contributed by atoms with Crippen LogP contribution in [0.1, 0.15) is 18.1 Å². The average molecular weight is 269 g/mol. The molecule has 2 aromatic carbocycles. The van der Waals surface area contributed by atoms with E-state index in [9.17, 15) is 9.90 Å². The first-order valence-electron chi connectivity index (χ1n) is 6.71. The van der Waals surface area contributed by atoms with Crippen LogP contribution in [0.25, 0.3) is 0 Å². The topological polar surface area (TPSA) is 49.3 Å². The number of rotatable bonds is 6. The number of ketones is 1. The molecule has 2 aromatic rings. The van der Waals surface area contributed by atoms with Crippen LogP contribution in [0.15, 0.2) is 54.6 Å². The Morgan fingerprint density at radius 2 is 1.70 bits per heavy atom. The van der Waals surface area contributed by atoms with Gasteiger partial charge in [0.2, 0.25) is 0 Å². The SMILES string of the molecule is CC(=O)[C@H](Cc1ccccc1)NCc1ccc(O)cc1. The van der Waals surface area contributed by atoms with Crippen LogP contribution in [0.5, 0.6) is 5.75 Å². The average Bonchev–Trinajstić information content (AvgIpc) is 2.46. The van der Waals surface area contributed by atoms with Gasteiger partial charge in [0.25, 0.3) is 0 Å². The van der Waals surface area contributed by atoms with Gasteiger partial charge in [-0.25, -0.2) is 0 Å². The van der Waals surface area contributed by atoms with Crippen molar-refractivity contribution in [1.29, 1.82) is 0 Å². The Balaban J connectivity index is 1.96. The van der Waals surface area contributed by atoms with E-state index in [4.69, 9.17) is 0 Å². The molecule has 20 heavy (non-hydrogen) atoms. The van der Waals surface area contributed by atoms with Crippen LogP contribution in [0.2, 0.25) is 0 Å². The third-order valence-electron chi connectivity index (χ3n) is 3.26. The van der Waals surface area contributed by atoms with E-state index in [1.54, 1.807) is 19.1 Å². The summed E-state index contributed by atoms with van der Waals surface area (Å²) in [5, 5.41) is 12.5. The molecule has 1 atom stereocenters. The number of hydrogen-bond acceptors (Lipinski definition) is 3. The largest absolute Gasteiger partial charge is 0.508 e. The molecule has 3 nitrogen and oxygen atoms in total. The Morgan fingerprint density at radius 3 is 2.30 bits per heavy atom. The van der Waals surface area contributed by atoms with Crippen molar-refractivity contribution in [3.05, 3.63) is 65.7 Å². The maximum absolute atomic E-state index is 11.7. The van der Waals surface area contributed by atoms with Crippen molar-refractivity contribution < 1.29 is 9.90 Å². The minimum absolute atomic E-state index is 0.132. The Morgan fingerprint density at radius 1 is 1.05 bits per heavy atom. The van der Waals surface area contributed by atoms with Crippen LogP contribution >= 0.6 is 0 Å². The van der Waals surface area contributed by atoms with Gasteiger partial charge in [0.05, 0.1) is 6.04 Å². The zero-order valence-electron chi connectivity index (χ0n) is 11.5. The number of phenols is 1. The Kier molecular flexibility index (Phi) is 4.91. The van der Waals surface area contributed by atoms with E-state index in [2.05, 4.69) is 5.32 Å². The molecule has 2 N–H and O–H groups in total. The fraction of sp³-hybridized carbons (Fsp3) is 0.235. The van der Waals surface area contributed by atoms with Crippen molar-refractivity contribution >= 4 is 5.78 Å². The highest BCUT2D eigenvalue weighted by molar-refractivity contribution is 5.81. The lowest BCUT2D eigenvalue weighted by Crippen LogP contribution is -2.36. The fourth-order valence-corrected chi connectivity index (χ4v) is 2.06. The number of hydrogen-bond donors (Lipinski definition) is 2. The number of benzene rings is 2. The van der Waals surface area contributed by atoms with Gasteiger partial charge in [0.15, 0.2) is 0 Å². The standard InChI is InChI=1S/C17H19NO2/c1-13(19)17(11-14-5-3-2-4-6-14)18-12-15-7-9-16(20)10-8-15/h2-10,17-18,20H,11-12H2,1H3/t17-/m0/s1. The molecule has 0 aromatic heterocycles. The zero-order valence-corrected chi connectivity index (χ0v) is 11.5. The zero-order chi connectivity index (χ0) is 14.4. The number of carbonyl (C=O) groups is 1. The molecule has 0 aliphatic carbocycles. The first kappa shape index (κ1) is 14.3. The van der Waals surface area contributed by atoms with Crippen LogP contribution < -0.4 is 5.32 Å². The molecule has 0 unspecified atom stereocenters. The lowest BCUT2D eigenvalue weighted by molar-refractivity contribution is -0.119. The van der Waals surface area contributed by atoms with Crippen LogP contribution in [0.4, 0.5) is 0 Å². The highest BCUT2D eigenvalue weighted by atomic mass is 16.3. The van der Waals surface area contributed by atoms with Crippen LogP contribution in [-0.4, -0.2) is 16.9 Å². The van der Waals surface area contributed by atoms with Gasteiger partial charge in [0, 0.05) is 6.54 Å². The Hall–Kier alpha value is -2.13. The molecular weight excluding hydrogens is 250 g/mol. The maximum Gasteiger partial charge on any atom is 0.147 e. The molecule has 0 aliphatic heterocycles. The number of carbonyl (C=O) groups excluding carboxylic acids is 1. The van der Waals surface area contributed by atoms with Gasteiger partial charge in [0.1, 0.15) is 11.5 Å². The minimum atomic E-state index is -0.189. The van der Waals surface area contributed by atoms with Crippen molar-refractivity contribution in [2.75, 3.05) is 0 Å². The summed E-state index contributed by atoms with van der Waals surface area (Å²) in [7, 11) is 0. The molecule has 0 heterocycles. The molecular formula is C17H19NO2. The fourth-order valence-electron chi connectivity index (χ4n) is 2.06. The number of nitrogens with one attached hydrogen (secondary N) is 1. The third-order valence-corrected chi connectivity index (χ3v) is 3.26. The highest BCUT2D eigenvalue weighted by Crippen LogP contribution is 2.10. The highest BCUT2D eigenvalue weighted by Gasteiger charge is 2.14. The van der Waals surface area contributed by atoms with Crippen molar-refractivity contribution in [2.24, 2.45) is 0 Å². The summed E-state index contributed by atoms with van der Waals surface area (Å²) in [6, 6.07) is 16.8. The van der Waals surface area contributed by atoms with Crippen molar-refractivity contribution in [2.45, 2.75) is 25.9 Å². The predicted octanol–water partition coefficient (Wildman–Crippen LogP) is 2.68. The summed E-state index contributed by atoms with van der Waals surface area (Å²) in [4.78, 5) is 11.7. The van der Waals surface area contributed by atoms with Gasteiger partial charge in [-0.3, -0.25) is 4.79 Å². The first-order chi connectivity index (χ1) is 9.65. The van der Waals surface area contributed by atoms with Gasteiger partial charge in [-0.15, -0.1) is 0 Å². The second-order valence-corrected chi connectivity index (χ2v) is 4.90. The van der Waals surface area contributed by atoms with Crippen LogP contribution in [-0.2, 0) is 17.8 Å². The molecule has 0 aliphatic rings. The van der Waals surface area contributed by atoms with E-state index in [0.29, 0.717) is 13.0 Å². The first-order valence-corrected chi connectivity index (χ1v) is 6.71. The normalized spacial score (nSPS) is 12.1. The Bertz CT molecular complexity index is 549. The molecule has 0 bridgehead atoms. The summed E-state index contributed by atoms with van der Waals surface area (Å²) in [6.07, 6.45) is 0.689. The van der Waals surface area contributed by atoms with Crippen LogP contribution in [0, 0.1) is 0 Å². The summed E-state index contributed by atoms with van der Waals surface area (Å²) >= 11 is 0. The molecule has 3 heteroatoms. The molecule has 104 valence electrons. The van der Waals surface area contributed by atoms with E-state index >= 15 is 0 Å². The lowest BCUT2D eigenvalue weighted by Gasteiger charge is -2.16. The van der Waals surface area contributed by atoms with E-state index < -0.39 is 0 Å². The van der Waals surface area contributed by atoms with E-state index in [0.717, 1.165) is 11.1 Å². The van der Waals surface area contributed by atoms with Gasteiger partial charge in [-0.2, -0.15) is 0 Å². The molecule has 2 rings (SSSR count).